The SMILES string of the molecule is Cc1ccc(-c2c3c4n(c(-c5ccc(F)cc5)cn4c2C(=O)Nc2ccccc2)CCCC3)cc1C. The zero-order chi connectivity index (χ0) is 24.8. The second-order valence-electron chi connectivity index (χ2n) is 9.64. The van der Waals surface area contributed by atoms with Gasteiger partial charge < -0.3 is 9.88 Å². The minimum Gasteiger partial charge on any atom is -0.325 e. The van der Waals surface area contributed by atoms with Gasteiger partial charge in [0.1, 0.15) is 17.2 Å². The summed E-state index contributed by atoms with van der Waals surface area (Å²) < 4.78 is 18.0. The molecule has 5 heteroatoms. The van der Waals surface area contributed by atoms with Gasteiger partial charge in [0.2, 0.25) is 0 Å². The maximum atomic E-state index is 13.9. The van der Waals surface area contributed by atoms with Crippen molar-refractivity contribution in [1.82, 2.24) is 8.97 Å². The molecule has 1 aliphatic rings. The molecular weight excluding hydrogens is 449 g/mol. The number of para-hydroxylation sites is 1. The monoisotopic (exact) mass is 477 g/mol. The van der Waals surface area contributed by atoms with Gasteiger partial charge in [0, 0.05) is 29.6 Å². The van der Waals surface area contributed by atoms with Gasteiger partial charge in [0.15, 0.2) is 0 Å². The summed E-state index contributed by atoms with van der Waals surface area (Å²) in [5.41, 5.74) is 10.1. The molecule has 4 nitrogen and oxygen atoms in total. The number of anilines is 1. The van der Waals surface area contributed by atoms with E-state index in [1.165, 1.54) is 28.8 Å². The molecule has 0 radical (unpaired) electrons. The number of carbonyl (C=O) groups is 1. The number of amides is 1. The van der Waals surface area contributed by atoms with Crippen LogP contribution in [-0.2, 0) is 13.0 Å². The summed E-state index contributed by atoms with van der Waals surface area (Å²) in [5, 5.41) is 3.12. The van der Waals surface area contributed by atoms with E-state index in [1.54, 1.807) is 0 Å². The zero-order valence-corrected chi connectivity index (χ0v) is 20.5. The van der Waals surface area contributed by atoms with Crippen molar-refractivity contribution in [3.05, 3.63) is 107 Å². The van der Waals surface area contributed by atoms with Gasteiger partial charge in [0.25, 0.3) is 5.91 Å². The van der Waals surface area contributed by atoms with Crippen molar-refractivity contribution < 1.29 is 9.18 Å². The molecule has 6 rings (SSSR count). The molecule has 0 fully saturated rings. The number of hydrogen-bond acceptors (Lipinski definition) is 1. The third-order valence-electron chi connectivity index (χ3n) is 7.32. The lowest BCUT2D eigenvalue weighted by Gasteiger charge is -2.11. The van der Waals surface area contributed by atoms with Crippen LogP contribution in [0.5, 0.6) is 0 Å². The van der Waals surface area contributed by atoms with Crippen LogP contribution >= 0.6 is 0 Å². The molecule has 3 heterocycles. The van der Waals surface area contributed by atoms with Crippen molar-refractivity contribution in [2.24, 2.45) is 0 Å². The first kappa shape index (κ1) is 22.4. The number of nitrogens with one attached hydrogen (secondary N) is 1. The molecule has 5 aromatic rings. The maximum absolute atomic E-state index is 13.9. The molecule has 0 saturated carbocycles. The van der Waals surface area contributed by atoms with E-state index in [1.807, 2.05) is 48.7 Å². The van der Waals surface area contributed by atoms with E-state index in [-0.39, 0.29) is 11.7 Å². The van der Waals surface area contributed by atoms with Crippen molar-refractivity contribution in [3.63, 3.8) is 0 Å². The second kappa shape index (κ2) is 8.83. The van der Waals surface area contributed by atoms with E-state index in [9.17, 15) is 9.18 Å². The highest BCUT2D eigenvalue weighted by molar-refractivity contribution is 6.10. The fraction of sp³-hybridized carbons (Fsp3) is 0.194. The fourth-order valence-corrected chi connectivity index (χ4v) is 5.38. The third kappa shape index (κ3) is 3.72. The highest BCUT2D eigenvalue weighted by atomic mass is 19.1. The molecule has 0 spiro atoms. The Bertz CT molecular complexity index is 1590. The van der Waals surface area contributed by atoms with E-state index in [4.69, 9.17) is 0 Å². The van der Waals surface area contributed by atoms with Crippen LogP contribution in [0.3, 0.4) is 0 Å². The number of halogens is 1. The number of rotatable bonds is 4. The Morgan fingerprint density at radius 1 is 0.889 bits per heavy atom. The lowest BCUT2D eigenvalue weighted by molar-refractivity contribution is 0.102. The molecule has 0 atom stereocenters. The van der Waals surface area contributed by atoms with Crippen molar-refractivity contribution in [1.29, 1.82) is 0 Å². The summed E-state index contributed by atoms with van der Waals surface area (Å²) in [4.78, 5) is 13.9. The standard InChI is InChI=1S/C31H28FN3O/c1-20-11-12-23(18-21(20)2)28-26-10-6-7-17-34-27(22-13-15-24(32)16-14-22)19-35(31(26)34)29(28)30(36)33-25-8-4-3-5-9-25/h3-5,8-9,11-16,18-19H,6-7,10,17H2,1-2H3,(H,33,36). The number of imidazole rings is 1. The molecular formula is C31H28FN3O. The number of hydrogen-bond donors (Lipinski definition) is 1. The molecule has 2 aromatic heterocycles. The van der Waals surface area contributed by atoms with Crippen LogP contribution in [0.15, 0.2) is 79.0 Å². The Morgan fingerprint density at radius 2 is 1.64 bits per heavy atom. The number of benzene rings is 3. The van der Waals surface area contributed by atoms with Gasteiger partial charge in [-0.25, -0.2) is 4.39 Å². The first-order chi connectivity index (χ1) is 17.5. The average Bonchev–Trinajstić information content (AvgIpc) is 3.29. The average molecular weight is 478 g/mol. The largest absolute Gasteiger partial charge is 0.325 e. The quantitative estimate of drug-likeness (QED) is 0.287. The topological polar surface area (TPSA) is 38.4 Å². The molecule has 180 valence electrons. The van der Waals surface area contributed by atoms with Crippen LogP contribution in [0, 0.1) is 19.7 Å². The van der Waals surface area contributed by atoms with Gasteiger partial charge in [-0.1, -0.05) is 36.4 Å². The van der Waals surface area contributed by atoms with Gasteiger partial charge in [-0.2, -0.15) is 0 Å². The van der Waals surface area contributed by atoms with Crippen LogP contribution < -0.4 is 5.32 Å². The molecule has 36 heavy (non-hydrogen) atoms. The van der Waals surface area contributed by atoms with E-state index in [2.05, 4.69) is 46.3 Å². The Morgan fingerprint density at radius 3 is 2.39 bits per heavy atom. The van der Waals surface area contributed by atoms with Gasteiger partial charge >= 0.3 is 0 Å². The highest BCUT2D eigenvalue weighted by Gasteiger charge is 2.29. The summed E-state index contributed by atoms with van der Waals surface area (Å²) in [6.45, 7) is 5.08. The molecule has 0 bridgehead atoms. The zero-order valence-electron chi connectivity index (χ0n) is 20.5. The molecule has 1 aliphatic heterocycles. The smallest absolute Gasteiger partial charge is 0.273 e. The highest BCUT2D eigenvalue weighted by Crippen LogP contribution is 2.40. The summed E-state index contributed by atoms with van der Waals surface area (Å²) in [7, 11) is 0. The van der Waals surface area contributed by atoms with Crippen molar-refractivity contribution in [2.45, 2.75) is 39.7 Å². The lowest BCUT2D eigenvalue weighted by Crippen LogP contribution is -2.15. The molecule has 1 N–H and O–H groups in total. The Labute approximate surface area is 210 Å². The summed E-state index contributed by atoms with van der Waals surface area (Å²) in [6, 6.07) is 22.6. The summed E-state index contributed by atoms with van der Waals surface area (Å²) in [5.74, 6) is -0.396. The molecule has 1 amide bonds. The molecule has 3 aromatic carbocycles. The predicted octanol–water partition coefficient (Wildman–Crippen LogP) is 7.42. The predicted molar refractivity (Wildman–Crippen MR) is 143 cm³/mol. The van der Waals surface area contributed by atoms with Gasteiger partial charge in [-0.05, 0) is 91.8 Å². The number of aryl methyl sites for hydroxylation is 4. The molecule has 0 aliphatic carbocycles. The number of aromatic nitrogens is 2. The van der Waals surface area contributed by atoms with Crippen LogP contribution in [-0.4, -0.2) is 14.9 Å². The maximum Gasteiger partial charge on any atom is 0.273 e. The first-order valence-corrected chi connectivity index (χ1v) is 12.5. The van der Waals surface area contributed by atoms with Crippen LogP contribution in [0.4, 0.5) is 10.1 Å². The van der Waals surface area contributed by atoms with Crippen molar-refractivity contribution in [2.75, 3.05) is 5.32 Å². The first-order valence-electron chi connectivity index (χ1n) is 12.5. The van der Waals surface area contributed by atoms with E-state index < -0.39 is 0 Å². The van der Waals surface area contributed by atoms with E-state index in [0.29, 0.717) is 5.69 Å². The molecule has 0 saturated heterocycles. The Kier molecular flexibility index (Phi) is 5.48. The normalized spacial score (nSPS) is 13.1. The van der Waals surface area contributed by atoms with Crippen molar-refractivity contribution in [3.8, 4) is 22.4 Å². The van der Waals surface area contributed by atoms with Gasteiger partial charge in [0.05, 0.1) is 5.69 Å². The minimum atomic E-state index is -0.256. The Hall–Kier alpha value is -4.12. The van der Waals surface area contributed by atoms with Gasteiger partial charge in [-0.3, -0.25) is 9.20 Å². The second-order valence-corrected chi connectivity index (χ2v) is 9.64. The van der Waals surface area contributed by atoms with Crippen LogP contribution in [0.25, 0.3) is 28.0 Å². The van der Waals surface area contributed by atoms with Gasteiger partial charge in [-0.15, -0.1) is 0 Å². The van der Waals surface area contributed by atoms with E-state index in [0.717, 1.165) is 59.5 Å². The number of carbonyl (C=O) groups excluding carboxylic acids is 1. The van der Waals surface area contributed by atoms with Crippen LogP contribution in [0.2, 0.25) is 0 Å². The number of nitrogens with zero attached hydrogens (tertiary/aromatic N) is 2. The molecule has 0 unspecified atom stereocenters. The van der Waals surface area contributed by atoms with E-state index >= 15 is 0 Å². The Balaban J connectivity index is 1.63. The summed E-state index contributed by atoms with van der Waals surface area (Å²) >= 11 is 0. The lowest BCUT2D eigenvalue weighted by atomic mass is 9.95. The third-order valence-corrected chi connectivity index (χ3v) is 7.32. The fourth-order valence-electron chi connectivity index (χ4n) is 5.38. The van der Waals surface area contributed by atoms with Crippen LogP contribution in [0.1, 0.15) is 40.0 Å². The summed E-state index contributed by atoms with van der Waals surface area (Å²) in [6.07, 6.45) is 5.03. The van der Waals surface area contributed by atoms with Crippen molar-refractivity contribution >= 4 is 17.2 Å². The minimum absolute atomic E-state index is 0.140.